The van der Waals surface area contributed by atoms with Crippen LogP contribution in [0.4, 0.5) is 0 Å². The highest BCUT2D eigenvalue weighted by atomic mass is 16.7. The van der Waals surface area contributed by atoms with Crippen LogP contribution in [-0.4, -0.2) is 61.5 Å². The van der Waals surface area contributed by atoms with Crippen molar-refractivity contribution in [3.63, 3.8) is 0 Å². The molecule has 1 saturated heterocycles. The zero-order valence-corrected chi connectivity index (χ0v) is 70.0. The first-order chi connectivity index (χ1) is 50.9. The Morgan fingerprint density at radius 2 is 0.379 bits per heavy atom. The van der Waals surface area contributed by atoms with Crippen molar-refractivity contribution in [2.45, 2.75) is 566 Å². The summed E-state index contributed by atoms with van der Waals surface area (Å²) < 4.78 is 31.2. The van der Waals surface area contributed by atoms with Crippen LogP contribution < -0.4 is 0 Å². The van der Waals surface area contributed by atoms with Crippen LogP contribution in [0.2, 0.25) is 0 Å². The van der Waals surface area contributed by atoms with Gasteiger partial charge in [0.15, 0.2) is 18.3 Å². The van der Waals surface area contributed by atoms with Gasteiger partial charge in [0.2, 0.25) is 0 Å². The van der Waals surface area contributed by atoms with E-state index in [9.17, 15) is 19.2 Å². The molecule has 1 aliphatic rings. The van der Waals surface area contributed by atoms with Crippen LogP contribution in [0.1, 0.15) is 541 Å². The molecule has 9 heteroatoms. The number of carbonyl (C=O) groups excluding carboxylic acids is 4. The van der Waals surface area contributed by atoms with Gasteiger partial charge in [-0.05, 0) is 25.7 Å². The lowest BCUT2D eigenvalue weighted by molar-refractivity contribution is -0.233. The van der Waals surface area contributed by atoms with Crippen molar-refractivity contribution in [3.05, 3.63) is 0 Å². The fourth-order valence-electron chi connectivity index (χ4n) is 15.6. The maximum absolute atomic E-state index is 14.0. The zero-order valence-electron chi connectivity index (χ0n) is 70.0. The van der Waals surface area contributed by atoms with Crippen LogP contribution in [0, 0.1) is 0 Å². The average Bonchev–Trinajstić information content (AvgIpc) is 0.806. The van der Waals surface area contributed by atoms with Gasteiger partial charge in [-0.1, -0.05) is 490 Å². The maximum Gasteiger partial charge on any atom is 0.306 e. The van der Waals surface area contributed by atoms with Crippen molar-refractivity contribution >= 4 is 23.9 Å². The molecule has 0 amide bonds. The minimum Gasteiger partial charge on any atom is -0.463 e. The molecule has 0 aromatic heterocycles. The molecule has 103 heavy (non-hydrogen) atoms. The Morgan fingerprint density at radius 1 is 0.214 bits per heavy atom. The summed E-state index contributed by atoms with van der Waals surface area (Å²) >= 11 is 0. The molecule has 1 aliphatic heterocycles. The maximum atomic E-state index is 14.0. The van der Waals surface area contributed by atoms with Gasteiger partial charge < -0.3 is 23.7 Å². The van der Waals surface area contributed by atoms with Gasteiger partial charge in [-0.2, -0.15) is 0 Å². The number of unbranched alkanes of at least 4 members (excludes halogenated alkanes) is 72. The van der Waals surface area contributed by atoms with Gasteiger partial charge in [0.1, 0.15) is 12.7 Å². The van der Waals surface area contributed by atoms with Gasteiger partial charge in [-0.15, -0.1) is 0 Å². The van der Waals surface area contributed by atoms with E-state index in [4.69, 9.17) is 23.7 Å². The molecule has 0 radical (unpaired) electrons. The Hall–Kier alpha value is -2.16. The van der Waals surface area contributed by atoms with E-state index in [1.807, 2.05) is 0 Å². The smallest absolute Gasteiger partial charge is 0.306 e. The molecule has 9 nitrogen and oxygen atoms in total. The molecule has 0 spiro atoms. The highest BCUT2D eigenvalue weighted by Crippen LogP contribution is 2.29. The summed E-state index contributed by atoms with van der Waals surface area (Å²) in [4.78, 5) is 55.0. The van der Waals surface area contributed by atoms with E-state index in [-0.39, 0.29) is 44.4 Å². The summed E-state index contributed by atoms with van der Waals surface area (Å²) in [5.74, 6) is -1.45. The van der Waals surface area contributed by atoms with Crippen molar-refractivity contribution < 1.29 is 42.9 Å². The van der Waals surface area contributed by atoms with Crippen molar-refractivity contribution in [3.8, 4) is 0 Å². The fourth-order valence-corrected chi connectivity index (χ4v) is 15.6. The van der Waals surface area contributed by atoms with E-state index in [0.29, 0.717) is 19.3 Å². The van der Waals surface area contributed by atoms with Crippen molar-refractivity contribution in [1.82, 2.24) is 0 Å². The predicted molar refractivity (Wildman–Crippen MR) is 442 cm³/mol. The van der Waals surface area contributed by atoms with Crippen LogP contribution in [-0.2, 0) is 42.9 Å². The number of esters is 4. The molecule has 0 unspecified atom stereocenters. The molecule has 1 fully saturated rings. The average molecular weight is 1450 g/mol. The number of hydrogen-bond acceptors (Lipinski definition) is 9. The second kappa shape index (κ2) is 82.3. The first kappa shape index (κ1) is 98.8. The standard InChI is InChI=1S/C94H180O9/c1-5-9-13-17-21-25-29-33-37-41-45-49-53-57-61-65-69-73-77-81-89(95)100-85-87-93(102-91(97)83-79-75-71-67-63-59-55-51-47-43-39-35-31-27-23-19-15-11-7-3)94(103-92(98)84-80-76-72-68-64-60-56-52-48-44-40-36-32-28-24-20-16-12-8-4)88(86-99-87)101-90(96)82-78-74-70-66-62-58-54-50-46-42-38-34-30-26-22-18-14-10-6-2/h87-88,93-94H,5-86H2,1-4H3/t87-,88+,93-,94-/m1/s1. The van der Waals surface area contributed by atoms with E-state index in [0.717, 1.165) is 64.2 Å². The van der Waals surface area contributed by atoms with Crippen LogP contribution in [0.3, 0.4) is 0 Å². The van der Waals surface area contributed by atoms with Crippen LogP contribution in [0.15, 0.2) is 0 Å². The minimum atomic E-state index is -1.09. The molecule has 0 aromatic rings. The van der Waals surface area contributed by atoms with Crippen molar-refractivity contribution in [2.24, 2.45) is 0 Å². The summed E-state index contributed by atoms with van der Waals surface area (Å²) in [7, 11) is 0. The molecule has 1 heterocycles. The SMILES string of the molecule is CCCCCCCCCCCCCCCCCCCCCC(=O)OC[C@H]1OC[C@H](OC(=O)CCCCCCCCCCCCCCCCCCCCC)[C@@H](OC(=O)CCCCCCCCCCCCCCCCCCCCC)[C@@H]1OC(=O)CCCCCCCCCCCCCCCCCCCCC. The predicted octanol–water partition coefficient (Wildman–Crippen LogP) is 31.0. The summed E-state index contributed by atoms with van der Waals surface area (Å²) in [6, 6.07) is 0. The van der Waals surface area contributed by atoms with E-state index in [2.05, 4.69) is 27.7 Å². The molecule has 0 aromatic carbocycles. The van der Waals surface area contributed by atoms with Gasteiger partial charge in [0, 0.05) is 25.7 Å². The molecule has 0 saturated carbocycles. The molecule has 0 aliphatic carbocycles. The third kappa shape index (κ3) is 71.2. The first-order valence-electron chi connectivity index (χ1n) is 47.2. The van der Waals surface area contributed by atoms with E-state index in [1.165, 1.54) is 411 Å². The Morgan fingerprint density at radius 3 is 0.583 bits per heavy atom. The van der Waals surface area contributed by atoms with E-state index in [1.54, 1.807) is 0 Å². The number of rotatable bonds is 85. The van der Waals surface area contributed by atoms with Gasteiger partial charge in [-0.3, -0.25) is 19.2 Å². The summed E-state index contributed by atoms with van der Waals surface area (Å²) in [6.07, 6.45) is 94.8. The molecule has 0 bridgehead atoms. The highest BCUT2D eigenvalue weighted by molar-refractivity contribution is 5.72. The molecule has 1 rings (SSSR count). The van der Waals surface area contributed by atoms with Crippen LogP contribution >= 0.6 is 0 Å². The number of ether oxygens (including phenoxy) is 5. The topological polar surface area (TPSA) is 114 Å². The highest BCUT2D eigenvalue weighted by Gasteiger charge is 2.48. The summed E-state index contributed by atoms with van der Waals surface area (Å²) in [5, 5.41) is 0. The second-order valence-corrected chi connectivity index (χ2v) is 32.9. The van der Waals surface area contributed by atoms with Crippen molar-refractivity contribution in [2.75, 3.05) is 13.2 Å². The molecule has 610 valence electrons. The lowest BCUT2D eigenvalue weighted by Gasteiger charge is -2.40. The Balaban J connectivity index is 2.83. The van der Waals surface area contributed by atoms with E-state index >= 15 is 0 Å². The summed E-state index contributed by atoms with van der Waals surface area (Å²) in [5.41, 5.74) is 0. The van der Waals surface area contributed by atoms with Crippen LogP contribution in [0.25, 0.3) is 0 Å². The summed E-state index contributed by atoms with van der Waals surface area (Å²) in [6.45, 7) is 8.98. The Bertz CT molecular complexity index is 1740. The first-order valence-corrected chi connectivity index (χ1v) is 47.2. The largest absolute Gasteiger partial charge is 0.463 e. The van der Waals surface area contributed by atoms with Crippen molar-refractivity contribution in [1.29, 1.82) is 0 Å². The molecule has 4 atom stereocenters. The fraction of sp³-hybridized carbons (Fsp3) is 0.957. The van der Waals surface area contributed by atoms with E-state index < -0.39 is 36.4 Å². The third-order valence-electron chi connectivity index (χ3n) is 22.7. The lowest BCUT2D eigenvalue weighted by atomic mass is 9.99. The minimum absolute atomic E-state index is 0.0446. The normalized spacial score (nSPS) is 15.3. The van der Waals surface area contributed by atoms with Gasteiger partial charge >= 0.3 is 23.9 Å². The lowest BCUT2D eigenvalue weighted by Crippen LogP contribution is -2.59. The quantitative estimate of drug-likeness (QED) is 0.0334. The molecular formula is C94H180O9. The van der Waals surface area contributed by atoms with Crippen LogP contribution in [0.5, 0.6) is 0 Å². The van der Waals surface area contributed by atoms with Gasteiger partial charge in [0.05, 0.1) is 6.61 Å². The second-order valence-electron chi connectivity index (χ2n) is 32.9. The third-order valence-corrected chi connectivity index (χ3v) is 22.7. The molecule has 0 N–H and O–H groups in total. The number of hydrogen-bond donors (Lipinski definition) is 0. The number of carbonyl (C=O) groups is 4. The molecular weight excluding hydrogens is 1270 g/mol. The Labute approximate surface area is 642 Å². The zero-order chi connectivity index (χ0) is 74.1. The van der Waals surface area contributed by atoms with Gasteiger partial charge in [-0.25, -0.2) is 0 Å². The monoisotopic (exact) mass is 1450 g/mol. The Kier molecular flexibility index (Phi) is 79.0. The van der Waals surface area contributed by atoms with Gasteiger partial charge in [0.25, 0.3) is 0 Å².